The van der Waals surface area contributed by atoms with Gasteiger partial charge in [0.2, 0.25) is 0 Å². The fourth-order valence-corrected chi connectivity index (χ4v) is 12.7. The Labute approximate surface area is 270 Å². The first-order valence-corrected chi connectivity index (χ1v) is 17.8. The van der Waals surface area contributed by atoms with Crippen LogP contribution in [0, 0.1) is 45.3 Å². The molecule has 2 aliphatic heterocycles. The number of hydrogen-bond donors (Lipinski definition) is 6. The van der Waals surface area contributed by atoms with Crippen LogP contribution in [-0.2, 0) is 14.2 Å². The Kier molecular flexibility index (Phi) is 8.49. The van der Waals surface area contributed by atoms with Crippen LogP contribution in [0.4, 0.5) is 0 Å². The van der Waals surface area contributed by atoms with Gasteiger partial charge in [-0.1, -0.05) is 34.6 Å². The van der Waals surface area contributed by atoms with Gasteiger partial charge in [-0.15, -0.1) is 0 Å². The Balaban J connectivity index is 1.24. The summed E-state index contributed by atoms with van der Waals surface area (Å²) in [5.41, 5.74) is -1.55. The molecular weight excluding hydrogens is 576 g/mol. The number of rotatable bonds is 5. The van der Waals surface area contributed by atoms with Crippen LogP contribution in [0.25, 0.3) is 0 Å². The minimum atomic E-state index is -1.47. The molecule has 2 saturated heterocycles. The van der Waals surface area contributed by atoms with Crippen molar-refractivity contribution in [3.05, 3.63) is 0 Å². The number of fused-ring (bicyclic) bond motifs is 5. The molecule has 0 radical (unpaired) electrons. The average Bonchev–Trinajstić information content (AvgIpc) is 3.52. The van der Waals surface area contributed by atoms with E-state index in [1.54, 1.807) is 0 Å². The van der Waals surface area contributed by atoms with Crippen LogP contribution in [0.1, 0.15) is 113 Å². The highest BCUT2D eigenvalue weighted by Gasteiger charge is 2.72. The third-order valence-corrected chi connectivity index (χ3v) is 15.3. The topological polar surface area (TPSA) is 149 Å². The molecular formula is C36H62O9. The fraction of sp³-hybridized carbons (Fsp3) is 1.00. The van der Waals surface area contributed by atoms with Crippen molar-refractivity contribution in [2.45, 2.75) is 173 Å². The predicted molar refractivity (Wildman–Crippen MR) is 168 cm³/mol. The lowest BCUT2D eigenvalue weighted by molar-refractivity contribution is -0.333. The normalized spacial score (nSPS) is 56.4. The van der Waals surface area contributed by atoms with Crippen LogP contribution in [0.3, 0.4) is 0 Å². The molecule has 0 amide bonds. The third-order valence-electron chi connectivity index (χ3n) is 15.3. The van der Waals surface area contributed by atoms with Crippen molar-refractivity contribution in [1.29, 1.82) is 0 Å². The van der Waals surface area contributed by atoms with Gasteiger partial charge in [0.25, 0.3) is 0 Å². The van der Waals surface area contributed by atoms with Gasteiger partial charge in [0, 0.05) is 0 Å². The van der Waals surface area contributed by atoms with Crippen molar-refractivity contribution in [3.8, 4) is 0 Å². The zero-order valence-electron chi connectivity index (χ0n) is 28.9. The summed E-state index contributed by atoms with van der Waals surface area (Å²) in [4.78, 5) is 0. The van der Waals surface area contributed by atoms with Gasteiger partial charge in [-0.2, -0.15) is 0 Å². The SMILES string of the molecule is CC(C)(O)[C@H]1CC[C@@](C)([C@H]2CC[C@]3(C)[C@@H]2C[C@@H](O)[C@@H]2[C@@]4(C)CC[C@H](O[C@@H]5O[C@H](CO)[C@@H](O)[C@H](O)[C@H]5O)C(C)(C)[C@H]4CC[C@]23C)O1. The Morgan fingerprint density at radius 2 is 1.44 bits per heavy atom. The smallest absolute Gasteiger partial charge is 0.186 e. The molecule has 45 heavy (non-hydrogen) atoms. The van der Waals surface area contributed by atoms with E-state index in [0.29, 0.717) is 11.8 Å². The summed E-state index contributed by atoms with van der Waals surface area (Å²) in [6.07, 6.45) is 1.15. The highest BCUT2D eigenvalue weighted by Crippen LogP contribution is 2.76. The van der Waals surface area contributed by atoms with Gasteiger partial charge in [0.05, 0.1) is 36.1 Å². The molecule has 0 aromatic carbocycles. The predicted octanol–water partition coefficient (Wildman–Crippen LogP) is 3.54. The summed E-state index contributed by atoms with van der Waals surface area (Å²) in [5, 5.41) is 64.0. The van der Waals surface area contributed by atoms with Gasteiger partial charge >= 0.3 is 0 Å². The van der Waals surface area contributed by atoms with Crippen LogP contribution in [0.15, 0.2) is 0 Å². The molecule has 0 spiro atoms. The highest BCUT2D eigenvalue weighted by molar-refractivity contribution is 5.21. The molecule has 0 unspecified atom stereocenters. The maximum absolute atomic E-state index is 12.3. The van der Waals surface area contributed by atoms with Gasteiger partial charge < -0.3 is 44.8 Å². The van der Waals surface area contributed by atoms with E-state index in [0.717, 1.165) is 57.8 Å². The van der Waals surface area contributed by atoms with E-state index in [1.807, 2.05) is 13.8 Å². The Morgan fingerprint density at radius 3 is 2.07 bits per heavy atom. The molecule has 0 aromatic rings. The van der Waals surface area contributed by atoms with Gasteiger partial charge in [-0.3, -0.25) is 0 Å². The van der Waals surface area contributed by atoms with Crippen molar-refractivity contribution in [1.82, 2.24) is 0 Å². The summed E-state index contributed by atoms with van der Waals surface area (Å²) in [7, 11) is 0. The van der Waals surface area contributed by atoms with E-state index in [-0.39, 0.29) is 51.3 Å². The summed E-state index contributed by atoms with van der Waals surface area (Å²) < 4.78 is 18.9. The standard InChI is InChI=1S/C36H62O9/c1-31(2)23-10-15-35(7)29(33(23,5)13-11-24(31)44-30-28(41)27(40)26(39)22(18-37)43-30)21(38)17-20-19(9-14-34(20,35)6)36(8)16-12-25(45-36)32(3,4)42/h19-30,37-42H,9-18H2,1-8H3/t19-,20+,21+,22+,23+,24-,25+,26+,27-,28+,29+,30-,33-,34+,35+,36-/m0/s1. The molecule has 16 atom stereocenters. The second kappa shape index (κ2) is 11.1. The van der Waals surface area contributed by atoms with Gasteiger partial charge in [0.15, 0.2) is 6.29 Å². The van der Waals surface area contributed by atoms with E-state index in [2.05, 4.69) is 41.5 Å². The van der Waals surface area contributed by atoms with E-state index in [9.17, 15) is 30.6 Å². The number of hydrogen-bond acceptors (Lipinski definition) is 9. The van der Waals surface area contributed by atoms with Crippen molar-refractivity contribution in [3.63, 3.8) is 0 Å². The summed E-state index contributed by atoms with van der Waals surface area (Å²) in [6, 6.07) is 0. The molecule has 9 heteroatoms. The Bertz CT molecular complexity index is 1110. The van der Waals surface area contributed by atoms with Gasteiger partial charge in [-0.25, -0.2) is 0 Å². The maximum atomic E-state index is 12.3. The van der Waals surface area contributed by atoms with E-state index >= 15 is 0 Å². The molecule has 6 aliphatic rings. The van der Waals surface area contributed by atoms with Crippen molar-refractivity contribution in [2.24, 2.45) is 45.3 Å². The van der Waals surface area contributed by atoms with E-state index < -0.39 is 49.0 Å². The summed E-state index contributed by atoms with van der Waals surface area (Å²) >= 11 is 0. The van der Waals surface area contributed by atoms with Gasteiger partial charge in [0.1, 0.15) is 24.4 Å². The molecule has 2 heterocycles. The molecule has 6 fully saturated rings. The van der Waals surface area contributed by atoms with E-state index in [4.69, 9.17) is 14.2 Å². The lowest BCUT2D eigenvalue weighted by atomic mass is 9.35. The zero-order valence-corrected chi connectivity index (χ0v) is 28.9. The first-order valence-electron chi connectivity index (χ1n) is 17.8. The molecule has 4 aliphatic carbocycles. The molecule has 4 saturated carbocycles. The van der Waals surface area contributed by atoms with Crippen LogP contribution in [0.2, 0.25) is 0 Å². The molecule has 0 bridgehead atoms. The monoisotopic (exact) mass is 638 g/mol. The number of aliphatic hydroxyl groups is 6. The minimum absolute atomic E-state index is 0.0407. The Hall–Kier alpha value is -0.360. The number of aliphatic hydroxyl groups excluding tert-OH is 5. The second-order valence-electron chi connectivity index (χ2n) is 18.3. The average molecular weight is 639 g/mol. The quantitative estimate of drug-likeness (QED) is 0.249. The largest absolute Gasteiger partial charge is 0.394 e. The molecule has 6 N–H and O–H groups in total. The molecule has 260 valence electrons. The minimum Gasteiger partial charge on any atom is -0.394 e. The van der Waals surface area contributed by atoms with Crippen molar-refractivity contribution < 1.29 is 44.8 Å². The maximum Gasteiger partial charge on any atom is 0.186 e. The molecule has 0 aromatic heterocycles. The lowest BCUT2D eigenvalue weighted by Crippen LogP contribution is -2.68. The summed E-state index contributed by atoms with van der Waals surface area (Å²) in [6.45, 7) is 17.3. The zero-order chi connectivity index (χ0) is 33.1. The molecule has 9 nitrogen and oxygen atoms in total. The van der Waals surface area contributed by atoms with Crippen molar-refractivity contribution >= 4 is 0 Å². The number of ether oxygens (including phenoxy) is 3. The van der Waals surface area contributed by atoms with Crippen LogP contribution in [0.5, 0.6) is 0 Å². The third kappa shape index (κ3) is 4.95. The Morgan fingerprint density at radius 1 is 0.778 bits per heavy atom. The molecule has 6 rings (SSSR count). The second-order valence-corrected chi connectivity index (χ2v) is 18.3. The fourth-order valence-electron chi connectivity index (χ4n) is 12.7. The van der Waals surface area contributed by atoms with Gasteiger partial charge in [-0.05, 0) is 124 Å². The summed E-state index contributed by atoms with van der Waals surface area (Å²) in [5.74, 6) is 1.12. The highest BCUT2D eigenvalue weighted by atomic mass is 16.7. The first kappa shape index (κ1) is 34.5. The van der Waals surface area contributed by atoms with E-state index in [1.165, 1.54) is 0 Å². The lowest BCUT2D eigenvalue weighted by Gasteiger charge is -2.71. The van der Waals surface area contributed by atoms with Crippen molar-refractivity contribution in [2.75, 3.05) is 6.61 Å². The van der Waals surface area contributed by atoms with Crippen LogP contribution < -0.4 is 0 Å². The van der Waals surface area contributed by atoms with Crippen LogP contribution >= 0.6 is 0 Å². The first-order chi connectivity index (χ1) is 20.7. The van der Waals surface area contributed by atoms with Crippen LogP contribution in [-0.4, -0.2) is 97.5 Å².